The number of likely N-dealkylation sites (N-methyl/N-ethyl adjacent to an activating group) is 1. The van der Waals surface area contributed by atoms with E-state index in [1.165, 1.54) is 0 Å². The molecular formula is C27H29ClN2O3. The molecule has 0 saturated carbocycles. The Morgan fingerprint density at radius 1 is 0.970 bits per heavy atom. The first kappa shape index (κ1) is 24.3. The van der Waals surface area contributed by atoms with Crippen LogP contribution < -0.4 is 10.1 Å². The molecule has 3 aromatic rings. The number of halogens is 1. The number of rotatable bonds is 10. The zero-order chi connectivity index (χ0) is 23.6. The van der Waals surface area contributed by atoms with Crippen LogP contribution in [0, 0.1) is 6.92 Å². The lowest BCUT2D eigenvalue weighted by Crippen LogP contribution is -2.51. The van der Waals surface area contributed by atoms with E-state index in [0.29, 0.717) is 30.3 Å². The van der Waals surface area contributed by atoms with Crippen LogP contribution >= 0.6 is 11.6 Å². The van der Waals surface area contributed by atoms with Crippen molar-refractivity contribution in [1.29, 1.82) is 0 Å². The molecule has 3 aromatic carbocycles. The predicted molar refractivity (Wildman–Crippen MR) is 131 cm³/mol. The van der Waals surface area contributed by atoms with E-state index in [9.17, 15) is 9.59 Å². The van der Waals surface area contributed by atoms with Crippen LogP contribution in [0.3, 0.4) is 0 Å². The van der Waals surface area contributed by atoms with Gasteiger partial charge >= 0.3 is 0 Å². The number of amides is 2. The van der Waals surface area contributed by atoms with Crippen LogP contribution in [0.1, 0.15) is 23.6 Å². The minimum absolute atomic E-state index is 0.182. The highest BCUT2D eigenvalue weighted by atomic mass is 35.5. The highest BCUT2D eigenvalue weighted by molar-refractivity contribution is 6.31. The van der Waals surface area contributed by atoms with Crippen molar-refractivity contribution in [1.82, 2.24) is 10.2 Å². The van der Waals surface area contributed by atoms with Crippen LogP contribution in [0.2, 0.25) is 5.02 Å². The van der Waals surface area contributed by atoms with Gasteiger partial charge in [0.25, 0.3) is 5.91 Å². The van der Waals surface area contributed by atoms with Gasteiger partial charge < -0.3 is 15.0 Å². The molecule has 0 fully saturated rings. The van der Waals surface area contributed by atoms with E-state index in [2.05, 4.69) is 5.32 Å². The Labute approximate surface area is 200 Å². The molecule has 0 unspecified atom stereocenters. The van der Waals surface area contributed by atoms with E-state index in [0.717, 1.165) is 16.7 Å². The molecule has 6 heteroatoms. The number of ether oxygens (including phenoxy) is 1. The predicted octanol–water partition coefficient (Wildman–Crippen LogP) is 4.80. The Morgan fingerprint density at radius 3 is 2.21 bits per heavy atom. The number of hydrogen-bond donors (Lipinski definition) is 1. The summed E-state index contributed by atoms with van der Waals surface area (Å²) in [4.78, 5) is 28.1. The molecule has 0 aromatic heterocycles. The van der Waals surface area contributed by atoms with Crippen molar-refractivity contribution in [3.05, 3.63) is 101 Å². The smallest absolute Gasteiger partial charge is 0.261 e. The molecular weight excluding hydrogens is 436 g/mol. The fourth-order valence-electron chi connectivity index (χ4n) is 3.56. The van der Waals surface area contributed by atoms with Crippen molar-refractivity contribution < 1.29 is 14.3 Å². The SMILES string of the molecule is CCNC(=O)[C@H](Cc1ccccc1)N(Cc1ccccc1)C(=O)COc1ccc(Cl)c(C)c1. The quantitative estimate of drug-likeness (QED) is 0.468. The number of carbonyl (C=O) groups excluding carboxylic acids is 2. The Bertz CT molecular complexity index is 1060. The maximum Gasteiger partial charge on any atom is 0.261 e. The van der Waals surface area contributed by atoms with Gasteiger partial charge in [-0.3, -0.25) is 9.59 Å². The monoisotopic (exact) mass is 464 g/mol. The summed E-state index contributed by atoms with van der Waals surface area (Å²) in [7, 11) is 0. The lowest BCUT2D eigenvalue weighted by molar-refractivity contribution is -0.142. The van der Waals surface area contributed by atoms with Crippen LogP contribution in [0.15, 0.2) is 78.9 Å². The van der Waals surface area contributed by atoms with Crippen molar-refractivity contribution in [3.63, 3.8) is 0 Å². The average molecular weight is 465 g/mol. The maximum absolute atomic E-state index is 13.4. The van der Waals surface area contributed by atoms with Crippen molar-refractivity contribution in [2.45, 2.75) is 32.9 Å². The van der Waals surface area contributed by atoms with E-state index in [-0.39, 0.29) is 18.4 Å². The summed E-state index contributed by atoms with van der Waals surface area (Å²) in [5, 5.41) is 3.52. The van der Waals surface area contributed by atoms with Gasteiger partial charge in [-0.25, -0.2) is 0 Å². The number of aryl methyl sites for hydroxylation is 1. The second-order valence-corrected chi connectivity index (χ2v) is 8.21. The standard InChI is InChI=1S/C27H29ClN2O3/c1-3-29-27(32)25(17-21-10-6-4-7-11-21)30(18-22-12-8-5-9-13-22)26(31)19-33-23-14-15-24(28)20(2)16-23/h4-16,25H,3,17-19H2,1-2H3,(H,29,32)/t25-/m0/s1. The summed E-state index contributed by atoms with van der Waals surface area (Å²) in [6.45, 7) is 4.35. The van der Waals surface area contributed by atoms with Crippen molar-refractivity contribution in [2.75, 3.05) is 13.2 Å². The number of nitrogens with one attached hydrogen (secondary N) is 1. The Morgan fingerprint density at radius 2 is 1.61 bits per heavy atom. The first-order valence-electron chi connectivity index (χ1n) is 11.0. The molecule has 0 aliphatic heterocycles. The van der Waals surface area contributed by atoms with Crippen LogP contribution in [-0.2, 0) is 22.6 Å². The summed E-state index contributed by atoms with van der Waals surface area (Å²) >= 11 is 6.09. The Hall–Kier alpha value is -3.31. The average Bonchev–Trinajstić information content (AvgIpc) is 2.83. The van der Waals surface area contributed by atoms with Gasteiger partial charge in [0.2, 0.25) is 5.91 Å². The molecule has 0 aliphatic carbocycles. The number of carbonyl (C=O) groups is 2. The minimum atomic E-state index is -0.671. The minimum Gasteiger partial charge on any atom is -0.484 e. The summed E-state index contributed by atoms with van der Waals surface area (Å²) in [5.74, 6) is 0.106. The van der Waals surface area contributed by atoms with Crippen molar-refractivity contribution in [2.24, 2.45) is 0 Å². The Balaban J connectivity index is 1.86. The molecule has 0 bridgehead atoms. The second-order valence-electron chi connectivity index (χ2n) is 7.81. The molecule has 5 nitrogen and oxygen atoms in total. The van der Waals surface area contributed by atoms with Gasteiger partial charge in [0.1, 0.15) is 11.8 Å². The molecule has 2 amide bonds. The normalized spacial score (nSPS) is 11.5. The first-order chi connectivity index (χ1) is 16.0. The van der Waals surface area contributed by atoms with Gasteiger partial charge in [0.05, 0.1) is 0 Å². The molecule has 0 spiro atoms. The zero-order valence-electron chi connectivity index (χ0n) is 19.0. The van der Waals surface area contributed by atoms with Gasteiger partial charge in [-0.15, -0.1) is 0 Å². The number of nitrogens with zero attached hydrogens (tertiary/aromatic N) is 1. The van der Waals surface area contributed by atoms with Gasteiger partial charge in [-0.2, -0.15) is 0 Å². The second kappa shape index (κ2) is 12.1. The van der Waals surface area contributed by atoms with E-state index < -0.39 is 6.04 Å². The molecule has 0 aliphatic rings. The largest absolute Gasteiger partial charge is 0.484 e. The van der Waals surface area contributed by atoms with Gasteiger partial charge in [0, 0.05) is 24.5 Å². The highest BCUT2D eigenvalue weighted by Crippen LogP contribution is 2.21. The lowest BCUT2D eigenvalue weighted by Gasteiger charge is -2.31. The van der Waals surface area contributed by atoms with Crippen molar-refractivity contribution >= 4 is 23.4 Å². The third kappa shape index (κ3) is 7.09. The van der Waals surface area contributed by atoms with Crippen LogP contribution in [-0.4, -0.2) is 35.9 Å². The summed E-state index contributed by atoms with van der Waals surface area (Å²) in [6.07, 6.45) is 0.408. The van der Waals surface area contributed by atoms with Crippen LogP contribution in [0.4, 0.5) is 0 Å². The molecule has 0 radical (unpaired) electrons. The van der Waals surface area contributed by atoms with E-state index in [1.54, 1.807) is 23.1 Å². The molecule has 0 saturated heterocycles. The third-order valence-corrected chi connectivity index (χ3v) is 5.73. The van der Waals surface area contributed by atoms with Crippen molar-refractivity contribution in [3.8, 4) is 5.75 Å². The van der Waals surface area contributed by atoms with Gasteiger partial charge in [-0.05, 0) is 48.7 Å². The molecule has 172 valence electrons. The van der Waals surface area contributed by atoms with E-state index >= 15 is 0 Å². The van der Waals surface area contributed by atoms with E-state index in [4.69, 9.17) is 16.3 Å². The Kier molecular flexibility index (Phi) is 8.90. The summed E-state index contributed by atoms with van der Waals surface area (Å²) < 4.78 is 5.78. The van der Waals surface area contributed by atoms with Gasteiger partial charge in [-0.1, -0.05) is 72.3 Å². The summed E-state index contributed by atoms with van der Waals surface area (Å²) in [5.41, 5.74) is 2.79. The first-order valence-corrected chi connectivity index (χ1v) is 11.4. The fraction of sp³-hybridized carbons (Fsp3) is 0.259. The van der Waals surface area contributed by atoms with E-state index in [1.807, 2.05) is 74.5 Å². The highest BCUT2D eigenvalue weighted by Gasteiger charge is 2.30. The topological polar surface area (TPSA) is 58.6 Å². The molecule has 3 rings (SSSR count). The molecule has 33 heavy (non-hydrogen) atoms. The fourth-order valence-corrected chi connectivity index (χ4v) is 3.68. The zero-order valence-corrected chi connectivity index (χ0v) is 19.7. The van der Waals surface area contributed by atoms with Gasteiger partial charge in [0.15, 0.2) is 6.61 Å². The molecule has 1 N–H and O–H groups in total. The van der Waals surface area contributed by atoms with Crippen LogP contribution in [0.5, 0.6) is 5.75 Å². The maximum atomic E-state index is 13.4. The lowest BCUT2D eigenvalue weighted by atomic mass is 10.0. The third-order valence-electron chi connectivity index (χ3n) is 5.31. The molecule has 0 heterocycles. The number of benzene rings is 3. The summed E-state index contributed by atoms with van der Waals surface area (Å²) in [6, 6.07) is 24.0. The number of hydrogen-bond acceptors (Lipinski definition) is 3. The van der Waals surface area contributed by atoms with Crippen LogP contribution in [0.25, 0.3) is 0 Å². The molecule has 1 atom stereocenters.